The molecule has 0 saturated carbocycles. The molecular weight excluding hydrogens is 381 g/mol. The zero-order chi connectivity index (χ0) is 17.2. The molecule has 0 aromatic heterocycles. The van der Waals surface area contributed by atoms with Crippen LogP contribution < -0.4 is 0 Å². The summed E-state index contributed by atoms with van der Waals surface area (Å²) in [6.45, 7) is 17.1. The van der Waals surface area contributed by atoms with Gasteiger partial charge in [-0.2, -0.15) is 0 Å². The Morgan fingerprint density at radius 1 is 0.818 bits per heavy atom. The van der Waals surface area contributed by atoms with Crippen LogP contribution in [0.3, 0.4) is 0 Å². The number of hydrogen-bond acceptors (Lipinski definition) is 5. The zero-order valence-corrected chi connectivity index (χ0v) is 22.9. The van der Waals surface area contributed by atoms with Gasteiger partial charge in [0.1, 0.15) is 10.5 Å². The van der Waals surface area contributed by atoms with Crippen LogP contribution in [0.1, 0.15) is 6.92 Å². The van der Waals surface area contributed by atoms with Gasteiger partial charge in [0.25, 0.3) is 0 Å². The van der Waals surface area contributed by atoms with E-state index in [1.54, 1.807) is 0 Å². The van der Waals surface area contributed by atoms with Gasteiger partial charge in [0, 0.05) is 0 Å². The van der Waals surface area contributed by atoms with Crippen LogP contribution in [0.25, 0.3) is 0 Å². The molecule has 1 fully saturated rings. The molecule has 0 aromatic carbocycles. The maximum absolute atomic E-state index is 6.58. The van der Waals surface area contributed by atoms with E-state index in [1.165, 1.54) is 6.04 Å². The Hall–Kier alpha value is 1.10. The first-order chi connectivity index (χ1) is 9.82. The summed E-state index contributed by atoms with van der Waals surface area (Å²) in [5.74, 6) is 0. The minimum absolute atomic E-state index is 0.842. The van der Waals surface area contributed by atoms with E-state index in [-0.39, 0.29) is 0 Å². The smallest absolute Gasteiger partial charge is 0.317 e. The highest BCUT2D eigenvalue weighted by Gasteiger charge is 2.52. The van der Waals surface area contributed by atoms with Gasteiger partial charge in [-0.1, -0.05) is 6.92 Å². The third kappa shape index (κ3) is 6.92. The summed E-state index contributed by atoms with van der Waals surface area (Å²) in [6, 6.07) is 3.32. The van der Waals surface area contributed by atoms with Crippen molar-refractivity contribution in [1.82, 2.24) is 0 Å². The van der Waals surface area contributed by atoms with Crippen LogP contribution >= 0.6 is 0 Å². The number of hydrogen-bond donors (Lipinski definition) is 0. The lowest BCUT2D eigenvalue weighted by atomic mass is 10.9. The SMILES string of the molecule is CC[SiH](CC[Si]1(C)O[Si](C)(C)O[Si](C)(C)O[Si](C)(C)O1)O[SiH3]. The van der Waals surface area contributed by atoms with Gasteiger partial charge in [-0.25, -0.2) is 0 Å². The van der Waals surface area contributed by atoms with E-state index in [4.69, 9.17) is 20.6 Å². The first-order valence-corrected chi connectivity index (χ1v) is 22.0. The lowest BCUT2D eigenvalue weighted by molar-refractivity contribution is 0.235. The average Bonchev–Trinajstić information content (AvgIpc) is 2.23. The molecular formula is C11H34O5Si6. The predicted octanol–water partition coefficient (Wildman–Crippen LogP) is 2.28. The monoisotopic (exact) mass is 414 g/mol. The van der Waals surface area contributed by atoms with Crippen molar-refractivity contribution in [3.05, 3.63) is 0 Å². The van der Waals surface area contributed by atoms with Gasteiger partial charge in [0.2, 0.25) is 0 Å². The Bertz CT molecular complexity index is 352. The molecule has 1 aliphatic rings. The molecule has 1 atom stereocenters. The Kier molecular flexibility index (Phi) is 7.26. The van der Waals surface area contributed by atoms with Crippen LogP contribution in [-0.2, 0) is 20.6 Å². The van der Waals surface area contributed by atoms with Crippen molar-refractivity contribution in [1.29, 1.82) is 0 Å². The van der Waals surface area contributed by atoms with Crippen molar-refractivity contribution in [2.75, 3.05) is 0 Å². The second-order valence-corrected chi connectivity index (χ2v) is 26.5. The van der Waals surface area contributed by atoms with Crippen molar-refractivity contribution in [2.24, 2.45) is 0 Å². The van der Waals surface area contributed by atoms with Crippen LogP contribution in [-0.4, -0.2) is 53.8 Å². The van der Waals surface area contributed by atoms with E-state index in [2.05, 4.69) is 52.8 Å². The fraction of sp³-hybridized carbons (Fsp3) is 1.00. The van der Waals surface area contributed by atoms with Crippen LogP contribution in [0.4, 0.5) is 0 Å². The molecule has 0 bridgehead atoms. The normalized spacial score (nSPS) is 27.8. The van der Waals surface area contributed by atoms with Crippen molar-refractivity contribution in [2.45, 2.75) is 70.9 Å². The van der Waals surface area contributed by atoms with E-state index in [9.17, 15) is 0 Å². The molecule has 1 saturated heterocycles. The van der Waals surface area contributed by atoms with E-state index >= 15 is 0 Å². The summed E-state index contributed by atoms with van der Waals surface area (Å²) >= 11 is 0. The van der Waals surface area contributed by atoms with E-state index in [0.717, 1.165) is 22.6 Å². The molecule has 1 heterocycles. The Balaban J connectivity index is 2.92. The predicted molar refractivity (Wildman–Crippen MR) is 107 cm³/mol. The Morgan fingerprint density at radius 3 is 1.59 bits per heavy atom. The molecule has 132 valence electrons. The molecule has 1 unspecified atom stereocenters. The lowest BCUT2D eigenvalue weighted by Crippen LogP contribution is -2.65. The second kappa shape index (κ2) is 7.55. The fourth-order valence-corrected chi connectivity index (χ4v) is 30.2. The maximum Gasteiger partial charge on any atom is 0.317 e. The van der Waals surface area contributed by atoms with Gasteiger partial charge in [-0.3, -0.25) is 0 Å². The fourth-order valence-electron chi connectivity index (χ4n) is 3.32. The molecule has 5 nitrogen and oxygen atoms in total. The molecule has 22 heavy (non-hydrogen) atoms. The molecule has 1 aliphatic heterocycles. The topological polar surface area (TPSA) is 46.2 Å². The quantitative estimate of drug-likeness (QED) is 0.646. The molecule has 1 rings (SSSR count). The van der Waals surface area contributed by atoms with Gasteiger partial charge < -0.3 is 20.6 Å². The largest absolute Gasteiger partial charge is 0.466 e. The Labute approximate surface area is 145 Å². The second-order valence-electron chi connectivity index (χ2n) is 7.55. The summed E-state index contributed by atoms with van der Waals surface area (Å²) in [5, 5.41) is 0. The highest BCUT2D eigenvalue weighted by Crippen LogP contribution is 2.33. The van der Waals surface area contributed by atoms with Crippen LogP contribution in [0.2, 0.25) is 64.0 Å². The third-order valence-corrected chi connectivity index (χ3v) is 25.2. The first-order valence-electron chi connectivity index (χ1n) is 8.15. The molecule has 0 aliphatic carbocycles. The third-order valence-electron chi connectivity index (χ3n) is 3.62. The zero-order valence-electron chi connectivity index (χ0n) is 15.7. The molecule has 0 spiro atoms. The maximum atomic E-state index is 6.58. The van der Waals surface area contributed by atoms with Crippen LogP contribution in [0.15, 0.2) is 0 Å². The summed E-state index contributed by atoms with van der Waals surface area (Å²) in [6.07, 6.45) is 0. The van der Waals surface area contributed by atoms with Crippen LogP contribution in [0, 0.1) is 0 Å². The van der Waals surface area contributed by atoms with Crippen LogP contribution in [0.5, 0.6) is 0 Å². The highest BCUT2D eigenvalue weighted by atomic mass is 28.5. The molecule has 0 N–H and O–H groups in total. The molecule has 0 amide bonds. The lowest BCUT2D eigenvalue weighted by Gasteiger charge is -2.47. The van der Waals surface area contributed by atoms with Gasteiger partial charge in [-0.15, -0.1) is 0 Å². The van der Waals surface area contributed by atoms with Crippen molar-refractivity contribution >= 4 is 53.8 Å². The van der Waals surface area contributed by atoms with Gasteiger partial charge >= 0.3 is 34.2 Å². The highest BCUT2D eigenvalue weighted by molar-refractivity contribution is 6.93. The van der Waals surface area contributed by atoms with Gasteiger partial charge in [0.15, 0.2) is 9.04 Å². The van der Waals surface area contributed by atoms with E-state index < -0.39 is 43.3 Å². The van der Waals surface area contributed by atoms with E-state index in [0.29, 0.717) is 0 Å². The minimum atomic E-state index is -2.28. The molecule has 11 heteroatoms. The van der Waals surface area contributed by atoms with E-state index in [1.807, 2.05) is 0 Å². The first kappa shape index (κ1) is 21.1. The van der Waals surface area contributed by atoms with Crippen molar-refractivity contribution in [3.63, 3.8) is 0 Å². The average molecular weight is 415 g/mol. The van der Waals surface area contributed by atoms with Gasteiger partial charge in [0.05, 0.1) is 0 Å². The summed E-state index contributed by atoms with van der Waals surface area (Å²) < 4.78 is 31.7. The Morgan fingerprint density at radius 2 is 1.23 bits per heavy atom. The molecule has 0 aromatic rings. The van der Waals surface area contributed by atoms with Gasteiger partial charge in [-0.05, 0) is 64.0 Å². The summed E-state index contributed by atoms with van der Waals surface area (Å²) in [7, 11) is -9.11. The number of rotatable bonds is 5. The van der Waals surface area contributed by atoms with Crippen molar-refractivity contribution in [3.8, 4) is 0 Å². The minimum Gasteiger partial charge on any atom is -0.466 e. The standard InChI is InChI=1S/C11H34O5Si6/c1-9-18(12-17)10-11-22(8)15-20(4,5)13-19(2,3)14-21(6,7)16-22/h18H,9-11H2,1-8,17H3. The molecule has 0 radical (unpaired) electrons. The van der Waals surface area contributed by atoms with Crippen molar-refractivity contribution < 1.29 is 20.6 Å². The summed E-state index contributed by atoms with van der Waals surface area (Å²) in [5.41, 5.74) is 0. The summed E-state index contributed by atoms with van der Waals surface area (Å²) in [4.78, 5) is 0.